The fraction of sp³-hybridized carbons (Fsp3) is 0.929. The number of alkyl halides is 1. The van der Waals surface area contributed by atoms with Gasteiger partial charge < -0.3 is 55.6 Å². The average molecular weight is 511 g/mol. The molecule has 27 heavy (non-hydrogen) atoms. The summed E-state index contributed by atoms with van der Waals surface area (Å²) in [5.74, 6) is -0.953. The van der Waals surface area contributed by atoms with E-state index in [4.69, 9.17) is 14.6 Å². The van der Waals surface area contributed by atoms with E-state index in [9.17, 15) is 40.5 Å². The molecule has 0 saturated carbocycles. The first-order valence-electron chi connectivity index (χ1n) is 8.14. The summed E-state index contributed by atoms with van der Waals surface area (Å²) < 4.78 is 10.8. The average Bonchev–Trinajstić information content (AvgIpc) is 2.68. The highest BCUT2D eigenvalue weighted by molar-refractivity contribution is 14.1. The van der Waals surface area contributed by atoms with Gasteiger partial charge in [-0.15, -0.1) is 0 Å². The number of aliphatic hydroxyl groups excluding tert-OH is 8. The largest absolute Gasteiger partial charge is 0.394 e. The Morgan fingerprint density at radius 3 is 2.26 bits per heavy atom. The zero-order valence-electron chi connectivity index (χ0n) is 14.2. The summed E-state index contributed by atoms with van der Waals surface area (Å²) in [5, 5.41) is 80.0. The first-order valence-corrected chi connectivity index (χ1v) is 9.66. The minimum Gasteiger partial charge on any atom is -0.394 e. The van der Waals surface area contributed by atoms with Crippen LogP contribution >= 0.6 is 22.6 Å². The molecule has 0 spiro atoms. The standard InChI is InChI=1S/C14H26INO11/c15-1-2-16-13(25)11(24)12(7(20)5(19)3-17)27-14-10(23)9(22)8(21)6(4-18)26-14/h5-12,14,17-24H,1-4H2,(H,16,25)/t5-,6-,7-,8-,9+,10+,11+,12+,14-/m1/s1. The summed E-state index contributed by atoms with van der Waals surface area (Å²) in [6.07, 6.45) is -16.1. The second-order valence-corrected chi connectivity index (χ2v) is 7.04. The van der Waals surface area contributed by atoms with Gasteiger partial charge in [-0.3, -0.25) is 4.79 Å². The van der Waals surface area contributed by atoms with E-state index in [2.05, 4.69) is 5.32 Å². The van der Waals surface area contributed by atoms with Crippen LogP contribution in [-0.4, -0.2) is 126 Å². The van der Waals surface area contributed by atoms with Crippen molar-refractivity contribution in [3.05, 3.63) is 0 Å². The van der Waals surface area contributed by atoms with Gasteiger partial charge in [-0.1, -0.05) is 22.6 Å². The van der Waals surface area contributed by atoms with Crippen LogP contribution in [0, 0.1) is 0 Å². The van der Waals surface area contributed by atoms with Crippen LogP contribution in [0.5, 0.6) is 0 Å². The van der Waals surface area contributed by atoms with Gasteiger partial charge in [0.2, 0.25) is 0 Å². The number of carbonyl (C=O) groups excluding carboxylic acids is 1. The number of hydrogen-bond donors (Lipinski definition) is 9. The van der Waals surface area contributed by atoms with Crippen LogP contribution in [0.3, 0.4) is 0 Å². The van der Waals surface area contributed by atoms with E-state index in [0.717, 1.165) is 0 Å². The van der Waals surface area contributed by atoms with Gasteiger partial charge in [0.1, 0.15) is 42.7 Å². The first-order chi connectivity index (χ1) is 12.7. The maximum atomic E-state index is 12.0. The topological polar surface area (TPSA) is 209 Å². The van der Waals surface area contributed by atoms with Crippen molar-refractivity contribution in [2.45, 2.75) is 55.1 Å². The van der Waals surface area contributed by atoms with Crippen molar-refractivity contribution in [3.63, 3.8) is 0 Å². The molecule has 1 amide bonds. The van der Waals surface area contributed by atoms with Crippen LogP contribution in [0.25, 0.3) is 0 Å². The van der Waals surface area contributed by atoms with Crippen molar-refractivity contribution >= 4 is 28.5 Å². The number of hydrogen-bond acceptors (Lipinski definition) is 11. The second-order valence-electron chi connectivity index (χ2n) is 5.96. The van der Waals surface area contributed by atoms with Crippen LogP contribution in [0.1, 0.15) is 0 Å². The molecule has 0 aromatic heterocycles. The molecule has 0 aromatic rings. The number of ether oxygens (including phenoxy) is 2. The van der Waals surface area contributed by atoms with Gasteiger partial charge in [0.05, 0.1) is 13.2 Å². The highest BCUT2D eigenvalue weighted by atomic mass is 127. The number of carbonyl (C=O) groups is 1. The molecule has 13 heteroatoms. The molecule has 12 nitrogen and oxygen atoms in total. The van der Waals surface area contributed by atoms with Crippen LogP contribution in [0.15, 0.2) is 0 Å². The quantitative estimate of drug-likeness (QED) is 0.100. The van der Waals surface area contributed by atoms with Gasteiger partial charge in [0, 0.05) is 11.0 Å². The first kappa shape index (κ1) is 24.8. The fourth-order valence-electron chi connectivity index (χ4n) is 2.43. The van der Waals surface area contributed by atoms with Crippen LogP contribution in [0.4, 0.5) is 0 Å². The molecule has 1 aliphatic rings. The van der Waals surface area contributed by atoms with Crippen molar-refractivity contribution in [2.75, 3.05) is 24.2 Å². The molecule has 0 bridgehead atoms. The summed E-state index contributed by atoms with van der Waals surface area (Å²) >= 11 is 1.97. The van der Waals surface area contributed by atoms with Gasteiger partial charge in [-0.25, -0.2) is 0 Å². The molecule has 1 aliphatic heterocycles. The van der Waals surface area contributed by atoms with Gasteiger partial charge >= 0.3 is 0 Å². The van der Waals surface area contributed by atoms with Crippen molar-refractivity contribution < 1.29 is 55.1 Å². The maximum Gasteiger partial charge on any atom is 0.251 e. The van der Waals surface area contributed by atoms with Gasteiger partial charge in [-0.05, 0) is 0 Å². The van der Waals surface area contributed by atoms with Gasteiger partial charge in [-0.2, -0.15) is 0 Å². The molecule has 160 valence electrons. The molecule has 1 heterocycles. The van der Waals surface area contributed by atoms with E-state index >= 15 is 0 Å². The number of nitrogens with one attached hydrogen (secondary N) is 1. The number of halogens is 1. The third kappa shape index (κ3) is 6.40. The van der Waals surface area contributed by atoms with Crippen molar-refractivity contribution in [3.8, 4) is 0 Å². The molecule has 1 fully saturated rings. The Morgan fingerprint density at radius 1 is 1.11 bits per heavy atom. The summed E-state index contributed by atoms with van der Waals surface area (Å²) in [5.41, 5.74) is 0. The summed E-state index contributed by atoms with van der Waals surface area (Å²) in [7, 11) is 0. The lowest BCUT2D eigenvalue weighted by atomic mass is 9.98. The zero-order chi connectivity index (χ0) is 20.7. The van der Waals surface area contributed by atoms with E-state index in [-0.39, 0.29) is 6.54 Å². The number of amides is 1. The molecule has 0 aliphatic carbocycles. The molecule has 0 radical (unpaired) electrons. The van der Waals surface area contributed by atoms with E-state index in [1.807, 2.05) is 22.6 Å². The highest BCUT2D eigenvalue weighted by Crippen LogP contribution is 2.25. The van der Waals surface area contributed by atoms with Crippen LogP contribution < -0.4 is 5.32 Å². The molecule has 9 N–H and O–H groups in total. The van der Waals surface area contributed by atoms with Gasteiger partial charge in [0.25, 0.3) is 5.91 Å². The SMILES string of the molecule is O=C(NCCI)[C@@H](O)[C@@H](O[C@H]1O[C@H](CO)[C@@H](O)[C@H](O)[C@@H]1O)[C@H](O)[C@H](O)CO. The lowest BCUT2D eigenvalue weighted by Gasteiger charge is -2.42. The Kier molecular flexibility index (Phi) is 10.8. The molecular formula is C14H26INO11. The molecule has 1 saturated heterocycles. The minimum atomic E-state index is -2.03. The maximum absolute atomic E-state index is 12.0. The third-order valence-corrected chi connectivity index (χ3v) is 4.57. The van der Waals surface area contributed by atoms with Crippen LogP contribution in [-0.2, 0) is 14.3 Å². The van der Waals surface area contributed by atoms with Crippen molar-refractivity contribution in [2.24, 2.45) is 0 Å². The van der Waals surface area contributed by atoms with E-state index in [0.29, 0.717) is 4.43 Å². The number of rotatable bonds is 10. The van der Waals surface area contributed by atoms with E-state index in [1.54, 1.807) is 0 Å². The Labute approximate surface area is 168 Å². The Balaban J connectivity index is 2.99. The fourth-order valence-corrected chi connectivity index (χ4v) is 2.70. The summed E-state index contributed by atoms with van der Waals surface area (Å²) in [4.78, 5) is 12.0. The predicted molar refractivity (Wildman–Crippen MR) is 95.6 cm³/mol. The summed E-state index contributed by atoms with van der Waals surface area (Å²) in [6.45, 7) is -1.46. The van der Waals surface area contributed by atoms with Crippen LogP contribution in [0.2, 0.25) is 0 Å². The lowest BCUT2D eigenvalue weighted by molar-refractivity contribution is -0.325. The highest BCUT2D eigenvalue weighted by Gasteiger charge is 2.47. The van der Waals surface area contributed by atoms with Crippen molar-refractivity contribution in [1.29, 1.82) is 0 Å². The molecule has 0 unspecified atom stereocenters. The Morgan fingerprint density at radius 2 is 1.74 bits per heavy atom. The smallest absolute Gasteiger partial charge is 0.251 e. The minimum absolute atomic E-state index is 0.196. The predicted octanol–water partition coefficient (Wildman–Crippen LogP) is -5.20. The monoisotopic (exact) mass is 511 g/mol. The van der Waals surface area contributed by atoms with Crippen molar-refractivity contribution in [1.82, 2.24) is 5.32 Å². The van der Waals surface area contributed by atoms with Gasteiger partial charge in [0.15, 0.2) is 12.4 Å². The van der Waals surface area contributed by atoms with E-state index < -0.39 is 74.2 Å². The lowest BCUT2D eigenvalue weighted by Crippen LogP contribution is -2.62. The second kappa shape index (κ2) is 11.7. The Bertz CT molecular complexity index is 457. The Hall–Kier alpha value is -0.200. The third-order valence-electron chi connectivity index (χ3n) is 4.03. The summed E-state index contributed by atoms with van der Waals surface area (Å²) in [6, 6.07) is 0. The molecular weight excluding hydrogens is 485 g/mol. The normalized spacial score (nSPS) is 33.1. The van der Waals surface area contributed by atoms with E-state index in [1.165, 1.54) is 0 Å². The zero-order valence-corrected chi connectivity index (χ0v) is 16.4. The number of aliphatic hydroxyl groups is 8. The molecule has 9 atom stereocenters. The molecule has 0 aromatic carbocycles. The molecule has 1 rings (SSSR count).